The van der Waals surface area contributed by atoms with E-state index in [2.05, 4.69) is 20.2 Å². The van der Waals surface area contributed by atoms with Gasteiger partial charge in [-0.15, -0.1) is 0 Å². The first-order valence-electron chi connectivity index (χ1n) is 2.34. The van der Waals surface area contributed by atoms with Crippen molar-refractivity contribution in [2.45, 2.75) is 0 Å². The summed E-state index contributed by atoms with van der Waals surface area (Å²) < 4.78 is 4.31. The molecule has 0 aliphatic heterocycles. The number of amides is 2. The predicted octanol–water partition coefficient (Wildman–Crippen LogP) is -0.858. The molecule has 1 aromatic heterocycles. The third-order valence-corrected chi connectivity index (χ3v) is 0.755. The van der Waals surface area contributed by atoms with Crippen molar-refractivity contribution in [3.8, 4) is 0 Å². The fourth-order valence-electron chi connectivity index (χ4n) is 0.401. The highest BCUT2D eigenvalue weighted by atomic mass is 16.5. The molecule has 0 spiro atoms. The molecule has 0 saturated carbocycles. The fraction of sp³-hybridized carbons (Fsp3) is 0. The second kappa shape index (κ2) is 2.21. The van der Waals surface area contributed by atoms with Crippen LogP contribution < -0.4 is 16.8 Å². The van der Waals surface area contributed by atoms with Crippen LogP contribution >= 0.6 is 0 Å². The SMILES string of the molecule is NC(=O)Nc1nnoc1N. The van der Waals surface area contributed by atoms with Gasteiger partial charge in [0.15, 0.2) is 0 Å². The van der Waals surface area contributed by atoms with Crippen LogP contribution in [0.25, 0.3) is 0 Å². The molecule has 1 aromatic rings. The number of primary amides is 1. The average Bonchev–Trinajstić information content (AvgIpc) is 2.15. The number of carbonyl (C=O) groups is 1. The molecule has 0 unspecified atom stereocenters. The van der Waals surface area contributed by atoms with Gasteiger partial charge < -0.3 is 16.0 Å². The molecule has 1 heterocycles. The van der Waals surface area contributed by atoms with Gasteiger partial charge in [-0.05, 0) is 0 Å². The van der Waals surface area contributed by atoms with Crippen LogP contribution in [-0.2, 0) is 0 Å². The highest BCUT2D eigenvalue weighted by molar-refractivity contribution is 5.88. The number of hydrogen-bond acceptors (Lipinski definition) is 5. The van der Waals surface area contributed by atoms with Crippen LogP contribution in [0, 0.1) is 0 Å². The molecule has 2 amide bonds. The van der Waals surface area contributed by atoms with Crippen LogP contribution in [0.15, 0.2) is 4.52 Å². The molecule has 0 aliphatic carbocycles. The van der Waals surface area contributed by atoms with Crippen molar-refractivity contribution < 1.29 is 9.32 Å². The molecular weight excluding hydrogens is 138 g/mol. The Bertz CT molecular complexity index is 243. The molecule has 0 fully saturated rings. The molecule has 7 nitrogen and oxygen atoms in total. The lowest BCUT2D eigenvalue weighted by atomic mass is 10.7. The van der Waals surface area contributed by atoms with Gasteiger partial charge in [-0.1, -0.05) is 5.10 Å². The smallest absolute Gasteiger partial charge is 0.317 e. The van der Waals surface area contributed by atoms with Gasteiger partial charge in [0.05, 0.1) is 0 Å². The van der Waals surface area contributed by atoms with Crippen molar-refractivity contribution in [3.05, 3.63) is 0 Å². The third-order valence-electron chi connectivity index (χ3n) is 0.755. The quantitative estimate of drug-likeness (QED) is 0.472. The first kappa shape index (κ1) is 6.33. The van der Waals surface area contributed by atoms with E-state index in [-0.39, 0.29) is 11.7 Å². The van der Waals surface area contributed by atoms with E-state index in [4.69, 9.17) is 11.5 Å². The number of anilines is 2. The maximum absolute atomic E-state index is 10.2. The third kappa shape index (κ3) is 1.13. The van der Waals surface area contributed by atoms with Gasteiger partial charge in [0.2, 0.25) is 5.82 Å². The summed E-state index contributed by atoms with van der Waals surface area (Å²) in [6.07, 6.45) is 0. The van der Waals surface area contributed by atoms with Crippen LogP contribution in [0.3, 0.4) is 0 Å². The van der Waals surface area contributed by atoms with E-state index in [1.54, 1.807) is 0 Å². The van der Waals surface area contributed by atoms with Crippen molar-refractivity contribution in [1.82, 2.24) is 10.4 Å². The van der Waals surface area contributed by atoms with Crippen LogP contribution in [0.2, 0.25) is 0 Å². The van der Waals surface area contributed by atoms with E-state index in [0.29, 0.717) is 0 Å². The summed E-state index contributed by atoms with van der Waals surface area (Å²) in [4.78, 5) is 10.2. The predicted molar refractivity (Wildman–Crippen MR) is 31.9 cm³/mol. The lowest BCUT2D eigenvalue weighted by Gasteiger charge is -1.91. The zero-order valence-corrected chi connectivity index (χ0v) is 4.87. The van der Waals surface area contributed by atoms with Gasteiger partial charge in [-0.25, -0.2) is 4.79 Å². The minimum atomic E-state index is -0.762. The number of aromatic nitrogens is 2. The van der Waals surface area contributed by atoms with Crippen molar-refractivity contribution in [2.24, 2.45) is 5.73 Å². The molecule has 7 heteroatoms. The second-order valence-corrected chi connectivity index (χ2v) is 1.48. The summed E-state index contributed by atoms with van der Waals surface area (Å²) in [5, 5.41) is 8.46. The highest BCUT2D eigenvalue weighted by Gasteiger charge is 2.06. The Hall–Kier alpha value is -1.79. The molecule has 1 rings (SSSR count). The first-order valence-corrected chi connectivity index (χ1v) is 2.34. The zero-order chi connectivity index (χ0) is 7.56. The van der Waals surface area contributed by atoms with Crippen molar-refractivity contribution in [1.29, 1.82) is 0 Å². The molecular formula is C3H5N5O2. The fourth-order valence-corrected chi connectivity index (χ4v) is 0.401. The minimum Gasteiger partial charge on any atom is -0.364 e. The monoisotopic (exact) mass is 143 g/mol. The van der Waals surface area contributed by atoms with Crippen LogP contribution in [0.4, 0.5) is 16.5 Å². The van der Waals surface area contributed by atoms with Crippen molar-refractivity contribution >= 4 is 17.7 Å². The molecule has 0 atom stereocenters. The van der Waals surface area contributed by atoms with E-state index in [1.165, 1.54) is 0 Å². The van der Waals surface area contributed by atoms with Gasteiger partial charge in [-0.3, -0.25) is 5.32 Å². The van der Waals surface area contributed by atoms with Gasteiger partial charge in [-0.2, -0.15) is 0 Å². The van der Waals surface area contributed by atoms with Crippen molar-refractivity contribution in [3.63, 3.8) is 0 Å². The van der Waals surface area contributed by atoms with Crippen LogP contribution in [0.5, 0.6) is 0 Å². The van der Waals surface area contributed by atoms with Gasteiger partial charge >= 0.3 is 6.03 Å². The summed E-state index contributed by atoms with van der Waals surface area (Å²) in [6, 6.07) is -0.762. The molecule has 10 heavy (non-hydrogen) atoms. The Morgan fingerprint density at radius 3 is 2.80 bits per heavy atom. The topological polar surface area (TPSA) is 120 Å². The molecule has 54 valence electrons. The summed E-state index contributed by atoms with van der Waals surface area (Å²) in [5.74, 6) is -0.0358. The number of nitrogens with one attached hydrogen (secondary N) is 1. The van der Waals surface area contributed by atoms with Crippen LogP contribution in [-0.4, -0.2) is 16.4 Å². The molecule has 0 aromatic carbocycles. The molecule has 0 aliphatic rings. The number of urea groups is 1. The molecule has 0 saturated heterocycles. The van der Waals surface area contributed by atoms with E-state index < -0.39 is 6.03 Å². The lowest BCUT2D eigenvalue weighted by molar-refractivity contribution is 0.259. The number of carbonyl (C=O) groups excluding carboxylic acids is 1. The number of nitrogens with two attached hydrogens (primary N) is 2. The van der Waals surface area contributed by atoms with Gasteiger partial charge in [0, 0.05) is 5.27 Å². The lowest BCUT2D eigenvalue weighted by Crippen LogP contribution is -2.20. The number of hydrogen-bond donors (Lipinski definition) is 3. The number of nitrogen functional groups attached to an aromatic ring is 1. The molecule has 5 N–H and O–H groups in total. The average molecular weight is 143 g/mol. The summed E-state index contributed by atoms with van der Waals surface area (Å²) >= 11 is 0. The molecule has 0 radical (unpaired) electrons. The Labute approximate surface area is 55.3 Å². The van der Waals surface area contributed by atoms with Gasteiger partial charge in [0.1, 0.15) is 0 Å². The Balaban J connectivity index is 2.74. The van der Waals surface area contributed by atoms with Crippen LogP contribution in [0.1, 0.15) is 0 Å². The molecule has 0 bridgehead atoms. The standard InChI is InChI=1S/C3H5N5O2/c4-1-2(6-3(5)9)7-8-10-1/h4H2,(H3,5,6,9). The second-order valence-electron chi connectivity index (χ2n) is 1.48. The largest absolute Gasteiger partial charge is 0.364 e. The Morgan fingerprint density at radius 2 is 2.40 bits per heavy atom. The van der Waals surface area contributed by atoms with E-state index in [1.807, 2.05) is 0 Å². The summed E-state index contributed by atoms with van der Waals surface area (Å²) in [6.45, 7) is 0. The van der Waals surface area contributed by atoms with Crippen molar-refractivity contribution in [2.75, 3.05) is 11.1 Å². The zero-order valence-electron chi connectivity index (χ0n) is 4.87. The number of rotatable bonds is 1. The highest BCUT2D eigenvalue weighted by Crippen LogP contribution is 2.10. The van der Waals surface area contributed by atoms with Gasteiger partial charge in [0.25, 0.3) is 5.88 Å². The Kier molecular flexibility index (Phi) is 1.40. The van der Waals surface area contributed by atoms with E-state index in [9.17, 15) is 4.79 Å². The Morgan fingerprint density at radius 1 is 1.70 bits per heavy atom. The number of nitrogens with zero attached hydrogens (tertiary/aromatic N) is 2. The summed E-state index contributed by atoms with van der Waals surface area (Å²) in [5.41, 5.74) is 9.86. The summed E-state index contributed by atoms with van der Waals surface area (Å²) in [7, 11) is 0. The normalized spacial score (nSPS) is 9.20. The van der Waals surface area contributed by atoms with E-state index in [0.717, 1.165) is 0 Å². The maximum atomic E-state index is 10.2. The maximum Gasteiger partial charge on any atom is 0.317 e. The van der Waals surface area contributed by atoms with E-state index >= 15 is 0 Å². The minimum absolute atomic E-state index is 0.0347. The first-order chi connectivity index (χ1) is 4.70.